The number of primary amides is 1. The number of ether oxygens (including phenoxy) is 2. The molecule has 1 amide bonds. The number of esters is 1. The van der Waals surface area contributed by atoms with Crippen LogP contribution in [-0.4, -0.2) is 52.3 Å². The van der Waals surface area contributed by atoms with Crippen molar-refractivity contribution in [1.29, 1.82) is 0 Å². The molecular weight excluding hydrogens is 406 g/mol. The van der Waals surface area contributed by atoms with E-state index in [9.17, 15) is 18.9 Å². The van der Waals surface area contributed by atoms with Crippen LogP contribution in [0.1, 0.15) is 34.6 Å². The van der Waals surface area contributed by atoms with Crippen molar-refractivity contribution in [1.82, 2.24) is 4.31 Å². The number of hydrogen-bond donors (Lipinski definition) is 3. The van der Waals surface area contributed by atoms with Gasteiger partial charge in [0.2, 0.25) is 5.76 Å². The first-order valence-corrected chi connectivity index (χ1v) is 10.8. The zero-order chi connectivity index (χ0) is 21.9. The highest BCUT2D eigenvalue weighted by Gasteiger charge is 2.26. The molecule has 0 aliphatic rings. The average Bonchev–Trinajstić information content (AvgIpc) is 3.04. The van der Waals surface area contributed by atoms with Gasteiger partial charge in [-0.1, -0.05) is 27.7 Å². The lowest BCUT2D eigenvalue weighted by Gasteiger charge is -2.16. The van der Waals surface area contributed by atoms with E-state index in [-0.39, 0.29) is 27.9 Å². The smallest absolute Gasteiger partial charge is 0.376 e. The molecule has 1 rings (SSSR count). The molecule has 0 radical (unpaired) electrons. The molecular formula is C17H29N3O6S2. The molecule has 0 fully saturated rings. The molecule has 4 N–H and O–H groups in total. The minimum atomic E-state index is -1.56. The SMILES string of the molecule is CC.CCOC(=O)/C(OC)=C(\Nc1csc(S(=O)N(CC)CC)c1O)C(N)=O. The normalized spacial score (nSPS) is 12.4. The summed E-state index contributed by atoms with van der Waals surface area (Å²) < 4.78 is 24.1. The maximum atomic E-state index is 12.5. The van der Waals surface area contributed by atoms with Crippen molar-refractivity contribution in [2.75, 3.05) is 32.1 Å². The number of anilines is 1. The maximum absolute atomic E-state index is 12.5. The molecule has 1 unspecified atom stereocenters. The number of hydrogen-bond acceptors (Lipinski definition) is 8. The summed E-state index contributed by atoms with van der Waals surface area (Å²) in [4.78, 5) is 23.6. The standard InChI is InChI=1S/C15H23N3O6S2.C2H6/c1-5-18(6-2)26(22)15-11(19)9(8-25-15)17-10(13(16)20)12(23-4)14(21)24-7-3;1-2/h8,17,19H,5-7H2,1-4H3,(H2,16,20);1-2H3/b12-10+;. The highest BCUT2D eigenvalue weighted by atomic mass is 32.2. The van der Waals surface area contributed by atoms with Crippen LogP contribution in [0.25, 0.3) is 0 Å². The predicted molar refractivity (Wildman–Crippen MR) is 110 cm³/mol. The second kappa shape index (κ2) is 13.1. The quantitative estimate of drug-likeness (QED) is 0.291. The van der Waals surface area contributed by atoms with Crippen LogP contribution in [-0.2, 0) is 30.0 Å². The average molecular weight is 436 g/mol. The third-order valence-corrected chi connectivity index (χ3v) is 6.20. The Balaban J connectivity index is 0.00000352. The lowest BCUT2D eigenvalue weighted by atomic mass is 10.3. The molecule has 1 aromatic rings. The summed E-state index contributed by atoms with van der Waals surface area (Å²) in [6, 6.07) is 0. The number of carbonyl (C=O) groups is 2. The van der Waals surface area contributed by atoms with E-state index in [1.165, 1.54) is 12.5 Å². The number of amides is 1. The van der Waals surface area contributed by atoms with Crippen LogP contribution in [0, 0.1) is 0 Å². The molecule has 0 aliphatic carbocycles. The Kier molecular flexibility index (Phi) is 12.1. The van der Waals surface area contributed by atoms with Gasteiger partial charge in [-0.25, -0.2) is 13.3 Å². The number of nitrogens with zero attached hydrogens (tertiary/aromatic N) is 1. The molecule has 1 atom stereocenters. The topological polar surface area (TPSA) is 131 Å². The number of rotatable bonds is 10. The van der Waals surface area contributed by atoms with Gasteiger partial charge in [0, 0.05) is 18.5 Å². The summed E-state index contributed by atoms with van der Waals surface area (Å²) in [5.74, 6) is -2.57. The lowest BCUT2D eigenvalue weighted by molar-refractivity contribution is -0.142. The van der Waals surface area contributed by atoms with Crippen LogP contribution in [0.2, 0.25) is 0 Å². The van der Waals surface area contributed by atoms with Crippen LogP contribution in [0.3, 0.4) is 0 Å². The number of nitrogens with one attached hydrogen (secondary N) is 1. The molecule has 0 saturated carbocycles. The van der Waals surface area contributed by atoms with Gasteiger partial charge in [-0.3, -0.25) is 4.79 Å². The van der Waals surface area contributed by atoms with E-state index in [2.05, 4.69) is 5.32 Å². The first-order chi connectivity index (χ1) is 13.3. The molecule has 0 saturated heterocycles. The molecule has 0 aromatic carbocycles. The van der Waals surface area contributed by atoms with Crippen molar-refractivity contribution < 1.29 is 28.4 Å². The molecule has 9 nitrogen and oxygen atoms in total. The van der Waals surface area contributed by atoms with Crippen molar-refractivity contribution in [3.63, 3.8) is 0 Å². The lowest BCUT2D eigenvalue weighted by Crippen LogP contribution is -2.26. The van der Waals surface area contributed by atoms with Crippen molar-refractivity contribution >= 4 is 39.9 Å². The van der Waals surface area contributed by atoms with Gasteiger partial charge in [0.15, 0.2) is 15.7 Å². The van der Waals surface area contributed by atoms with Crippen LogP contribution in [0.15, 0.2) is 21.0 Å². The van der Waals surface area contributed by atoms with E-state index in [4.69, 9.17) is 15.2 Å². The van der Waals surface area contributed by atoms with Gasteiger partial charge in [0.25, 0.3) is 5.91 Å². The Morgan fingerprint density at radius 1 is 1.29 bits per heavy atom. The molecule has 28 heavy (non-hydrogen) atoms. The van der Waals surface area contributed by atoms with E-state index >= 15 is 0 Å². The van der Waals surface area contributed by atoms with Gasteiger partial charge in [-0.15, -0.1) is 11.3 Å². The minimum Gasteiger partial charge on any atom is -0.504 e. The Morgan fingerprint density at radius 3 is 2.29 bits per heavy atom. The Hall–Kier alpha value is -2.11. The van der Waals surface area contributed by atoms with Gasteiger partial charge < -0.3 is 25.6 Å². The van der Waals surface area contributed by atoms with Gasteiger partial charge in [0.05, 0.1) is 19.4 Å². The highest BCUT2D eigenvalue weighted by molar-refractivity contribution is 7.85. The Morgan fingerprint density at radius 2 is 1.86 bits per heavy atom. The molecule has 1 aromatic heterocycles. The van der Waals surface area contributed by atoms with Gasteiger partial charge in [0.1, 0.15) is 11.0 Å². The van der Waals surface area contributed by atoms with Crippen molar-refractivity contribution in [2.24, 2.45) is 5.73 Å². The fourth-order valence-corrected chi connectivity index (χ4v) is 4.36. The largest absolute Gasteiger partial charge is 0.504 e. The van der Waals surface area contributed by atoms with Crippen LogP contribution >= 0.6 is 11.3 Å². The van der Waals surface area contributed by atoms with Gasteiger partial charge in [-0.05, 0) is 6.92 Å². The van der Waals surface area contributed by atoms with E-state index in [0.717, 1.165) is 11.3 Å². The zero-order valence-corrected chi connectivity index (χ0v) is 18.7. The molecule has 0 aliphatic heterocycles. The number of aromatic hydroxyl groups is 1. The Labute approximate surface area is 172 Å². The summed E-state index contributed by atoms with van der Waals surface area (Å²) >= 11 is 1.05. The van der Waals surface area contributed by atoms with Crippen LogP contribution in [0.5, 0.6) is 5.75 Å². The molecule has 0 bridgehead atoms. The first kappa shape index (κ1) is 25.9. The van der Waals surface area contributed by atoms with Gasteiger partial charge >= 0.3 is 5.97 Å². The zero-order valence-electron chi connectivity index (χ0n) is 17.0. The first-order valence-electron chi connectivity index (χ1n) is 8.81. The Bertz CT molecular complexity index is 714. The van der Waals surface area contributed by atoms with Crippen molar-refractivity contribution in [3.8, 4) is 5.75 Å². The summed E-state index contributed by atoms with van der Waals surface area (Å²) in [5.41, 5.74) is 5.02. The number of carbonyl (C=O) groups excluding carboxylic acids is 2. The van der Waals surface area contributed by atoms with Crippen LogP contribution in [0.4, 0.5) is 5.69 Å². The predicted octanol–water partition coefficient (Wildman–Crippen LogP) is 2.16. The summed E-state index contributed by atoms with van der Waals surface area (Å²) in [5, 5.41) is 14.4. The summed E-state index contributed by atoms with van der Waals surface area (Å²) in [7, 11) is -0.369. The number of methoxy groups -OCH3 is 1. The third kappa shape index (κ3) is 6.50. The minimum absolute atomic E-state index is 0.0778. The third-order valence-electron chi connectivity index (χ3n) is 3.23. The summed E-state index contributed by atoms with van der Waals surface area (Å²) in [6.45, 7) is 10.4. The molecule has 160 valence electrons. The highest BCUT2D eigenvalue weighted by Crippen LogP contribution is 2.38. The van der Waals surface area contributed by atoms with E-state index < -0.39 is 28.6 Å². The number of nitrogens with two attached hydrogens (primary N) is 1. The monoisotopic (exact) mass is 435 g/mol. The van der Waals surface area contributed by atoms with E-state index in [0.29, 0.717) is 13.1 Å². The summed E-state index contributed by atoms with van der Waals surface area (Å²) in [6.07, 6.45) is 0. The van der Waals surface area contributed by atoms with Crippen molar-refractivity contribution in [3.05, 3.63) is 16.8 Å². The second-order valence-electron chi connectivity index (χ2n) is 4.77. The molecule has 0 spiro atoms. The second-order valence-corrected chi connectivity index (χ2v) is 7.33. The molecule has 11 heteroatoms. The maximum Gasteiger partial charge on any atom is 0.376 e. The van der Waals surface area contributed by atoms with Crippen molar-refractivity contribution in [2.45, 2.75) is 38.8 Å². The number of thiophene rings is 1. The molecule has 1 heterocycles. The van der Waals surface area contributed by atoms with Gasteiger partial charge in [-0.2, -0.15) is 0 Å². The van der Waals surface area contributed by atoms with Crippen LogP contribution < -0.4 is 11.1 Å². The van der Waals surface area contributed by atoms with E-state index in [1.54, 1.807) is 11.2 Å². The fourth-order valence-electron chi connectivity index (χ4n) is 1.97. The fraction of sp³-hybridized carbons (Fsp3) is 0.529. The van der Waals surface area contributed by atoms with E-state index in [1.807, 2.05) is 27.7 Å².